The number of aryl methyl sites for hydroxylation is 1. The lowest BCUT2D eigenvalue weighted by molar-refractivity contribution is 0.267. The van der Waals surface area contributed by atoms with Gasteiger partial charge in [-0.15, -0.1) is 11.3 Å². The second kappa shape index (κ2) is 3.09. The molecule has 0 saturated heterocycles. The van der Waals surface area contributed by atoms with E-state index in [2.05, 4.69) is 4.98 Å². The Bertz CT molecular complexity index is 211. The summed E-state index contributed by atoms with van der Waals surface area (Å²) in [5, 5.41) is 11.4. The summed E-state index contributed by atoms with van der Waals surface area (Å²) in [7, 11) is 0. The van der Waals surface area contributed by atoms with Crippen molar-refractivity contribution >= 4 is 11.3 Å². The number of aliphatic hydroxyl groups excluding tert-OH is 1. The van der Waals surface area contributed by atoms with Crippen molar-refractivity contribution in [3.8, 4) is 0 Å². The Kier molecular flexibility index (Phi) is 2.37. The molecule has 0 radical (unpaired) electrons. The number of nitrogens with two attached hydrogens (primary N) is 1. The van der Waals surface area contributed by atoms with E-state index < -0.39 is 0 Å². The highest BCUT2D eigenvalue weighted by atomic mass is 32.1. The lowest BCUT2D eigenvalue weighted by atomic mass is 10.3. The fourth-order valence-electron chi connectivity index (χ4n) is 0.621. The molecule has 1 atom stereocenters. The molecule has 1 unspecified atom stereocenters. The van der Waals surface area contributed by atoms with E-state index in [0.717, 1.165) is 10.7 Å². The summed E-state index contributed by atoms with van der Waals surface area (Å²) in [6.07, 6.45) is 0. The van der Waals surface area contributed by atoms with Gasteiger partial charge in [0.15, 0.2) is 0 Å². The van der Waals surface area contributed by atoms with Crippen LogP contribution in [-0.2, 0) is 0 Å². The molecule has 0 aliphatic heterocycles. The Morgan fingerprint density at radius 2 is 2.60 bits per heavy atom. The van der Waals surface area contributed by atoms with Gasteiger partial charge in [0.1, 0.15) is 5.01 Å². The third-order valence-electron chi connectivity index (χ3n) is 1.15. The van der Waals surface area contributed by atoms with Crippen LogP contribution in [0.25, 0.3) is 0 Å². The summed E-state index contributed by atoms with van der Waals surface area (Å²) < 4.78 is 0. The minimum atomic E-state index is -0.307. The molecule has 0 aliphatic carbocycles. The number of nitrogens with zero attached hydrogens (tertiary/aromatic N) is 1. The van der Waals surface area contributed by atoms with E-state index in [4.69, 9.17) is 10.8 Å². The van der Waals surface area contributed by atoms with Crippen molar-refractivity contribution in [3.63, 3.8) is 0 Å². The standard InChI is InChI=1S/C6H10N2OS/c1-4-3-10-6(8-4)5(7)2-9/h3,5,9H,2,7H2,1H3. The van der Waals surface area contributed by atoms with E-state index in [1.54, 1.807) is 0 Å². The Morgan fingerprint density at radius 1 is 1.90 bits per heavy atom. The van der Waals surface area contributed by atoms with Gasteiger partial charge in [-0.3, -0.25) is 0 Å². The molecule has 0 aromatic carbocycles. The lowest BCUT2D eigenvalue weighted by Crippen LogP contribution is -2.13. The van der Waals surface area contributed by atoms with Crippen LogP contribution in [0, 0.1) is 6.92 Å². The SMILES string of the molecule is Cc1csc(C(N)CO)n1. The average Bonchev–Trinajstić information content (AvgIpc) is 2.34. The molecule has 1 rings (SSSR count). The monoisotopic (exact) mass is 158 g/mol. The third kappa shape index (κ3) is 1.53. The number of thiazole rings is 1. The van der Waals surface area contributed by atoms with Crippen molar-refractivity contribution in [2.24, 2.45) is 5.73 Å². The highest BCUT2D eigenvalue weighted by Crippen LogP contribution is 2.14. The fraction of sp³-hybridized carbons (Fsp3) is 0.500. The van der Waals surface area contributed by atoms with Crippen LogP contribution in [0.3, 0.4) is 0 Å². The van der Waals surface area contributed by atoms with E-state index in [9.17, 15) is 0 Å². The van der Waals surface area contributed by atoms with Crippen LogP contribution in [-0.4, -0.2) is 16.7 Å². The van der Waals surface area contributed by atoms with Crippen molar-refractivity contribution in [2.45, 2.75) is 13.0 Å². The lowest BCUT2D eigenvalue weighted by Gasteiger charge is -2.00. The minimum Gasteiger partial charge on any atom is -0.394 e. The molecular weight excluding hydrogens is 148 g/mol. The van der Waals surface area contributed by atoms with Gasteiger partial charge in [0.05, 0.1) is 12.6 Å². The Labute approximate surface area is 63.5 Å². The van der Waals surface area contributed by atoms with Crippen LogP contribution < -0.4 is 5.73 Å². The molecule has 3 nitrogen and oxygen atoms in total. The maximum absolute atomic E-state index is 8.64. The first kappa shape index (κ1) is 7.65. The Morgan fingerprint density at radius 3 is 3.00 bits per heavy atom. The van der Waals surface area contributed by atoms with Crippen molar-refractivity contribution < 1.29 is 5.11 Å². The van der Waals surface area contributed by atoms with Crippen LogP contribution in [0.2, 0.25) is 0 Å². The van der Waals surface area contributed by atoms with Gasteiger partial charge in [-0.2, -0.15) is 0 Å². The molecule has 4 heteroatoms. The summed E-state index contributed by atoms with van der Waals surface area (Å²) >= 11 is 1.49. The van der Waals surface area contributed by atoms with Crippen LogP contribution >= 0.6 is 11.3 Å². The van der Waals surface area contributed by atoms with Crippen molar-refractivity contribution in [1.29, 1.82) is 0 Å². The molecule has 1 aromatic rings. The molecule has 1 heterocycles. The van der Waals surface area contributed by atoms with Crippen molar-refractivity contribution in [3.05, 3.63) is 16.1 Å². The molecule has 56 valence electrons. The molecule has 3 N–H and O–H groups in total. The van der Waals surface area contributed by atoms with Crippen LogP contribution in [0.4, 0.5) is 0 Å². The highest BCUT2D eigenvalue weighted by molar-refractivity contribution is 7.09. The molecular formula is C6H10N2OS. The second-order valence-corrected chi connectivity index (χ2v) is 3.01. The quantitative estimate of drug-likeness (QED) is 0.656. The molecule has 0 fully saturated rings. The van der Waals surface area contributed by atoms with Crippen molar-refractivity contribution in [2.75, 3.05) is 6.61 Å². The maximum Gasteiger partial charge on any atom is 0.112 e. The number of aliphatic hydroxyl groups is 1. The van der Waals surface area contributed by atoms with Gasteiger partial charge in [0, 0.05) is 11.1 Å². The molecule has 0 aliphatic rings. The van der Waals surface area contributed by atoms with E-state index in [1.807, 2.05) is 12.3 Å². The third-order valence-corrected chi connectivity index (χ3v) is 2.25. The molecule has 10 heavy (non-hydrogen) atoms. The Balaban J connectivity index is 2.74. The summed E-state index contributed by atoms with van der Waals surface area (Å²) in [6.45, 7) is 1.87. The van der Waals surface area contributed by atoms with Gasteiger partial charge in [-0.1, -0.05) is 0 Å². The van der Waals surface area contributed by atoms with E-state index in [-0.39, 0.29) is 12.6 Å². The smallest absolute Gasteiger partial charge is 0.112 e. The highest BCUT2D eigenvalue weighted by Gasteiger charge is 2.06. The summed E-state index contributed by atoms with van der Waals surface area (Å²) in [5.74, 6) is 0. The topological polar surface area (TPSA) is 59.1 Å². The molecule has 1 aromatic heterocycles. The van der Waals surface area contributed by atoms with Gasteiger partial charge < -0.3 is 10.8 Å². The van der Waals surface area contributed by atoms with E-state index in [1.165, 1.54) is 11.3 Å². The molecule has 0 spiro atoms. The number of aromatic nitrogens is 1. The predicted molar refractivity (Wildman–Crippen MR) is 40.9 cm³/mol. The molecule has 0 bridgehead atoms. The van der Waals surface area contributed by atoms with Gasteiger partial charge in [0.25, 0.3) is 0 Å². The molecule has 0 saturated carbocycles. The number of hydrogen-bond acceptors (Lipinski definition) is 4. The largest absolute Gasteiger partial charge is 0.394 e. The first-order valence-electron chi connectivity index (χ1n) is 3.02. The van der Waals surface area contributed by atoms with E-state index >= 15 is 0 Å². The predicted octanol–water partition coefficient (Wildman–Crippen LogP) is 0.444. The number of rotatable bonds is 2. The zero-order valence-electron chi connectivity index (χ0n) is 5.74. The first-order valence-corrected chi connectivity index (χ1v) is 3.90. The summed E-state index contributed by atoms with van der Waals surface area (Å²) in [4.78, 5) is 4.11. The van der Waals surface area contributed by atoms with Gasteiger partial charge in [-0.05, 0) is 6.92 Å². The fourth-order valence-corrected chi connectivity index (χ4v) is 1.41. The second-order valence-electron chi connectivity index (χ2n) is 2.12. The van der Waals surface area contributed by atoms with Gasteiger partial charge >= 0.3 is 0 Å². The summed E-state index contributed by atoms with van der Waals surface area (Å²) in [5.41, 5.74) is 6.47. The zero-order valence-corrected chi connectivity index (χ0v) is 6.56. The maximum atomic E-state index is 8.64. The van der Waals surface area contributed by atoms with Gasteiger partial charge in [0.2, 0.25) is 0 Å². The normalized spacial score (nSPS) is 13.5. The van der Waals surface area contributed by atoms with Crippen molar-refractivity contribution in [1.82, 2.24) is 4.98 Å². The average molecular weight is 158 g/mol. The first-order chi connectivity index (χ1) is 4.74. The minimum absolute atomic E-state index is 0.0348. The van der Waals surface area contributed by atoms with Crippen LogP contribution in [0.15, 0.2) is 5.38 Å². The van der Waals surface area contributed by atoms with Crippen LogP contribution in [0.5, 0.6) is 0 Å². The Hall–Kier alpha value is -0.450. The van der Waals surface area contributed by atoms with Crippen LogP contribution in [0.1, 0.15) is 16.7 Å². The number of hydrogen-bond donors (Lipinski definition) is 2. The summed E-state index contributed by atoms with van der Waals surface area (Å²) in [6, 6.07) is -0.307. The van der Waals surface area contributed by atoms with E-state index in [0.29, 0.717) is 0 Å². The zero-order chi connectivity index (χ0) is 7.56. The van der Waals surface area contributed by atoms with Gasteiger partial charge in [-0.25, -0.2) is 4.98 Å². The molecule has 0 amide bonds.